The molecule has 2 aromatic rings. The minimum Gasteiger partial charge on any atom is -0.326 e. The Morgan fingerprint density at radius 3 is 2.18 bits per heavy atom. The van der Waals surface area contributed by atoms with Gasteiger partial charge in [0.1, 0.15) is 5.82 Å². The first kappa shape index (κ1) is 11.8. The van der Waals surface area contributed by atoms with Crippen LogP contribution in [0, 0.1) is 19.7 Å². The molecule has 0 heterocycles. The molecule has 0 aliphatic heterocycles. The van der Waals surface area contributed by atoms with Gasteiger partial charge in [-0.1, -0.05) is 24.3 Å². The van der Waals surface area contributed by atoms with Crippen LogP contribution in [0.25, 0.3) is 11.1 Å². The van der Waals surface area contributed by atoms with Crippen molar-refractivity contribution < 1.29 is 4.39 Å². The molecule has 0 aliphatic rings. The normalized spacial score (nSPS) is 10.6. The molecular formula is C15H16FN. The third kappa shape index (κ3) is 2.37. The lowest BCUT2D eigenvalue weighted by atomic mass is 9.95. The van der Waals surface area contributed by atoms with Crippen molar-refractivity contribution in [3.05, 3.63) is 58.9 Å². The summed E-state index contributed by atoms with van der Waals surface area (Å²) >= 11 is 0. The van der Waals surface area contributed by atoms with Gasteiger partial charge in [-0.15, -0.1) is 0 Å². The van der Waals surface area contributed by atoms with Gasteiger partial charge >= 0.3 is 0 Å². The topological polar surface area (TPSA) is 26.0 Å². The van der Waals surface area contributed by atoms with Gasteiger partial charge in [-0.25, -0.2) is 4.39 Å². The SMILES string of the molecule is Cc1cc(-c2cccc(F)c2)cc(C)c1CN. The molecule has 0 atom stereocenters. The molecule has 0 aliphatic carbocycles. The summed E-state index contributed by atoms with van der Waals surface area (Å²) in [5.41, 5.74) is 11.1. The van der Waals surface area contributed by atoms with E-state index in [9.17, 15) is 4.39 Å². The average Bonchev–Trinajstić information content (AvgIpc) is 2.28. The Morgan fingerprint density at radius 2 is 1.65 bits per heavy atom. The van der Waals surface area contributed by atoms with Gasteiger partial charge in [-0.3, -0.25) is 0 Å². The maximum atomic E-state index is 13.2. The highest BCUT2D eigenvalue weighted by atomic mass is 19.1. The molecule has 17 heavy (non-hydrogen) atoms. The standard InChI is InChI=1S/C15H16FN/c1-10-6-13(7-11(2)15(10)9-17)12-4-3-5-14(16)8-12/h3-8H,9,17H2,1-2H3. The Morgan fingerprint density at radius 1 is 1.00 bits per heavy atom. The molecule has 0 amide bonds. The highest BCUT2D eigenvalue weighted by molar-refractivity contribution is 5.66. The summed E-state index contributed by atoms with van der Waals surface area (Å²) in [6.07, 6.45) is 0. The summed E-state index contributed by atoms with van der Waals surface area (Å²) in [5.74, 6) is -0.208. The molecule has 2 N–H and O–H groups in total. The number of halogens is 1. The smallest absolute Gasteiger partial charge is 0.123 e. The van der Waals surface area contributed by atoms with E-state index in [1.165, 1.54) is 11.6 Å². The minimum absolute atomic E-state index is 0.208. The summed E-state index contributed by atoms with van der Waals surface area (Å²) in [4.78, 5) is 0. The van der Waals surface area contributed by atoms with Crippen LogP contribution in [0.2, 0.25) is 0 Å². The van der Waals surface area contributed by atoms with Crippen molar-refractivity contribution in [1.82, 2.24) is 0 Å². The van der Waals surface area contributed by atoms with Crippen molar-refractivity contribution in [2.75, 3.05) is 0 Å². The van der Waals surface area contributed by atoms with Gasteiger partial charge in [0.15, 0.2) is 0 Å². The maximum absolute atomic E-state index is 13.2. The number of nitrogens with two attached hydrogens (primary N) is 1. The zero-order valence-electron chi connectivity index (χ0n) is 10.1. The van der Waals surface area contributed by atoms with Gasteiger partial charge in [0.25, 0.3) is 0 Å². The van der Waals surface area contributed by atoms with Crippen LogP contribution in [0.5, 0.6) is 0 Å². The summed E-state index contributed by atoms with van der Waals surface area (Å²) in [5, 5.41) is 0. The van der Waals surface area contributed by atoms with Gasteiger partial charge in [0.2, 0.25) is 0 Å². The second-order valence-electron chi connectivity index (χ2n) is 4.30. The van der Waals surface area contributed by atoms with E-state index in [1.54, 1.807) is 12.1 Å². The summed E-state index contributed by atoms with van der Waals surface area (Å²) in [6, 6.07) is 10.8. The van der Waals surface area contributed by atoms with Gasteiger partial charge in [0.05, 0.1) is 0 Å². The van der Waals surface area contributed by atoms with Crippen molar-refractivity contribution in [3.63, 3.8) is 0 Å². The molecular weight excluding hydrogens is 213 g/mol. The molecule has 0 saturated carbocycles. The molecule has 2 rings (SSSR count). The Labute approximate surface area is 101 Å². The third-order valence-electron chi connectivity index (χ3n) is 3.06. The monoisotopic (exact) mass is 229 g/mol. The average molecular weight is 229 g/mol. The van der Waals surface area contributed by atoms with Crippen molar-refractivity contribution in [1.29, 1.82) is 0 Å². The molecule has 0 aromatic heterocycles. The van der Waals surface area contributed by atoms with E-state index in [4.69, 9.17) is 5.73 Å². The van der Waals surface area contributed by atoms with Crippen LogP contribution in [0.1, 0.15) is 16.7 Å². The first-order chi connectivity index (χ1) is 8.11. The first-order valence-electron chi connectivity index (χ1n) is 5.68. The molecule has 0 unspecified atom stereocenters. The lowest BCUT2D eigenvalue weighted by Crippen LogP contribution is -2.02. The fourth-order valence-electron chi connectivity index (χ4n) is 2.15. The van der Waals surface area contributed by atoms with E-state index >= 15 is 0 Å². The molecule has 88 valence electrons. The summed E-state index contributed by atoms with van der Waals surface area (Å²) in [6.45, 7) is 4.62. The van der Waals surface area contributed by atoms with Crippen LogP contribution in [0.15, 0.2) is 36.4 Å². The Balaban J connectivity index is 2.54. The van der Waals surface area contributed by atoms with Gasteiger partial charge in [-0.05, 0) is 53.8 Å². The Hall–Kier alpha value is -1.67. The number of rotatable bonds is 2. The number of hydrogen-bond donors (Lipinski definition) is 1. The first-order valence-corrected chi connectivity index (χ1v) is 5.68. The molecule has 0 spiro atoms. The summed E-state index contributed by atoms with van der Waals surface area (Å²) < 4.78 is 13.2. The van der Waals surface area contributed by atoms with Crippen molar-refractivity contribution >= 4 is 0 Å². The molecule has 2 aromatic carbocycles. The molecule has 0 bridgehead atoms. The van der Waals surface area contributed by atoms with Crippen molar-refractivity contribution in [3.8, 4) is 11.1 Å². The van der Waals surface area contributed by atoms with Crippen molar-refractivity contribution in [2.24, 2.45) is 5.73 Å². The molecule has 0 radical (unpaired) electrons. The van der Waals surface area contributed by atoms with E-state index in [1.807, 2.05) is 19.9 Å². The van der Waals surface area contributed by atoms with E-state index in [0.29, 0.717) is 6.54 Å². The zero-order valence-corrected chi connectivity index (χ0v) is 10.1. The minimum atomic E-state index is -0.208. The maximum Gasteiger partial charge on any atom is 0.123 e. The van der Waals surface area contributed by atoms with E-state index in [2.05, 4.69) is 12.1 Å². The van der Waals surface area contributed by atoms with Gasteiger partial charge in [-0.2, -0.15) is 0 Å². The largest absolute Gasteiger partial charge is 0.326 e. The lowest BCUT2D eigenvalue weighted by molar-refractivity contribution is 0.628. The van der Waals surface area contributed by atoms with Crippen LogP contribution < -0.4 is 5.73 Å². The third-order valence-corrected chi connectivity index (χ3v) is 3.06. The van der Waals surface area contributed by atoms with Crippen molar-refractivity contribution in [2.45, 2.75) is 20.4 Å². The quantitative estimate of drug-likeness (QED) is 0.837. The van der Waals surface area contributed by atoms with Crippen LogP contribution >= 0.6 is 0 Å². The molecule has 1 nitrogen and oxygen atoms in total. The lowest BCUT2D eigenvalue weighted by Gasteiger charge is -2.11. The van der Waals surface area contributed by atoms with Crippen LogP contribution in [-0.2, 0) is 6.54 Å². The number of aryl methyl sites for hydroxylation is 2. The van der Waals surface area contributed by atoms with E-state index in [-0.39, 0.29) is 5.82 Å². The number of benzene rings is 2. The zero-order chi connectivity index (χ0) is 12.4. The predicted octanol–water partition coefficient (Wildman–Crippen LogP) is 3.57. The highest BCUT2D eigenvalue weighted by Crippen LogP contribution is 2.25. The second kappa shape index (κ2) is 4.68. The Kier molecular flexibility index (Phi) is 3.25. The fraction of sp³-hybridized carbons (Fsp3) is 0.200. The second-order valence-corrected chi connectivity index (χ2v) is 4.30. The number of hydrogen-bond acceptors (Lipinski definition) is 1. The highest BCUT2D eigenvalue weighted by Gasteiger charge is 2.05. The Bertz CT molecular complexity index is 523. The molecule has 0 saturated heterocycles. The predicted molar refractivity (Wildman–Crippen MR) is 69.2 cm³/mol. The van der Waals surface area contributed by atoms with Crippen LogP contribution in [0.4, 0.5) is 4.39 Å². The molecule has 2 heteroatoms. The van der Waals surface area contributed by atoms with Gasteiger partial charge in [0, 0.05) is 6.54 Å². The van der Waals surface area contributed by atoms with Gasteiger partial charge < -0.3 is 5.73 Å². The van der Waals surface area contributed by atoms with Crippen LogP contribution in [0.3, 0.4) is 0 Å². The van der Waals surface area contributed by atoms with E-state index in [0.717, 1.165) is 22.3 Å². The van der Waals surface area contributed by atoms with Crippen LogP contribution in [-0.4, -0.2) is 0 Å². The summed E-state index contributed by atoms with van der Waals surface area (Å²) in [7, 11) is 0. The fourth-order valence-corrected chi connectivity index (χ4v) is 2.15. The molecule has 0 fully saturated rings. The van der Waals surface area contributed by atoms with E-state index < -0.39 is 0 Å².